The monoisotopic (exact) mass is 513 g/mol. The van der Waals surface area contributed by atoms with Gasteiger partial charge in [-0.3, -0.25) is 4.52 Å². The number of ether oxygens (including phenoxy) is 1. The molecule has 0 aromatic rings. The molecular formula is C11H19FN3O13P3. The highest BCUT2D eigenvalue weighted by Gasteiger charge is 2.58. The van der Waals surface area contributed by atoms with E-state index in [1.54, 1.807) is 0 Å². The lowest BCUT2D eigenvalue weighted by Gasteiger charge is -2.36. The highest BCUT2D eigenvalue weighted by atomic mass is 31.3. The SMILES string of the molecule is C=C1N=C(N)C=CN1[C@@H]1O[C@H](COP(=O)(O)OP(=O)(O)OP(=O)(O)O)[C@@H](O)[C@]1(O)CF. The average Bonchev–Trinajstić information content (AvgIpc) is 2.82. The van der Waals surface area contributed by atoms with E-state index in [1.165, 1.54) is 12.3 Å². The van der Waals surface area contributed by atoms with Crippen molar-refractivity contribution < 1.29 is 65.8 Å². The summed E-state index contributed by atoms with van der Waals surface area (Å²) in [6, 6.07) is 0. The summed E-state index contributed by atoms with van der Waals surface area (Å²) in [7, 11) is -16.9. The summed E-state index contributed by atoms with van der Waals surface area (Å²) >= 11 is 0. The van der Waals surface area contributed by atoms with E-state index in [9.17, 15) is 33.2 Å². The highest BCUT2D eigenvalue weighted by molar-refractivity contribution is 7.66. The van der Waals surface area contributed by atoms with Gasteiger partial charge >= 0.3 is 23.5 Å². The second-order valence-electron chi connectivity index (χ2n) is 6.16. The number of alkyl halides is 1. The number of halogens is 1. The summed E-state index contributed by atoms with van der Waals surface area (Å²) in [6.45, 7) is 0.869. The molecule has 0 aliphatic carbocycles. The Labute approximate surface area is 173 Å². The lowest BCUT2D eigenvalue weighted by atomic mass is 9.95. The number of rotatable bonds is 9. The van der Waals surface area contributed by atoms with Crippen LogP contribution >= 0.6 is 23.5 Å². The summed E-state index contributed by atoms with van der Waals surface area (Å²) in [5.41, 5.74) is 2.88. The van der Waals surface area contributed by atoms with Crippen LogP contribution in [-0.2, 0) is 31.6 Å². The fourth-order valence-electron chi connectivity index (χ4n) is 2.58. The first kappa shape index (κ1) is 26.2. The van der Waals surface area contributed by atoms with Crippen molar-refractivity contribution >= 4 is 29.3 Å². The van der Waals surface area contributed by atoms with E-state index in [-0.39, 0.29) is 11.7 Å². The molecule has 0 amide bonds. The lowest BCUT2D eigenvalue weighted by molar-refractivity contribution is -0.130. The van der Waals surface area contributed by atoms with Crippen molar-refractivity contribution in [1.29, 1.82) is 0 Å². The Morgan fingerprint density at radius 1 is 1.26 bits per heavy atom. The molecule has 8 N–H and O–H groups in total. The zero-order valence-electron chi connectivity index (χ0n) is 15.2. The number of nitrogens with zero attached hydrogens (tertiary/aromatic N) is 2. The van der Waals surface area contributed by atoms with Crippen molar-refractivity contribution in [2.24, 2.45) is 10.7 Å². The lowest BCUT2D eigenvalue weighted by Crippen LogP contribution is -2.55. The first-order valence-corrected chi connectivity index (χ1v) is 12.4. The minimum absolute atomic E-state index is 0.0350. The van der Waals surface area contributed by atoms with Crippen LogP contribution in [0.25, 0.3) is 0 Å². The smallest absolute Gasteiger partial charge is 0.387 e. The van der Waals surface area contributed by atoms with Gasteiger partial charge in [0.1, 0.15) is 30.5 Å². The molecule has 1 fully saturated rings. The Morgan fingerprint density at radius 3 is 2.39 bits per heavy atom. The second kappa shape index (κ2) is 9.08. The van der Waals surface area contributed by atoms with Gasteiger partial charge in [-0.15, -0.1) is 0 Å². The standard InChI is InChI=1S/C11H19FN3O13P3/c1-6-14-8(13)2-3-15(6)10-11(17,5-12)9(16)7(26-10)4-25-30(21,22)28-31(23,24)27-29(18,19)20/h2-3,7,9-10,16-17H,1,4-5H2,(H2,13,14)(H,21,22)(H,23,24)(H2,18,19,20)/t7-,9-,10-,11-/m1/s1. The summed E-state index contributed by atoms with van der Waals surface area (Å²) in [4.78, 5) is 40.3. The molecular weight excluding hydrogens is 494 g/mol. The Hall–Kier alpha value is -1.03. The largest absolute Gasteiger partial charge is 0.490 e. The molecule has 16 nitrogen and oxygen atoms in total. The second-order valence-corrected chi connectivity index (χ2v) is 10.6. The van der Waals surface area contributed by atoms with Crippen molar-refractivity contribution in [3.63, 3.8) is 0 Å². The Balaban J connectivity index is 2.11. The molecule has 0 aromatic heterocycles. The van der Waals surface area contributed by atoms with Gasteiger partial charge < -0.3 is 45.2 Å². The molecule has 2 rings (SSSR count). The van der Waals surface area contributed by atoms with Crippen LogP contribution in [0.3, 0.4) is 0 Å². The maximum Gasteiger partial charge on any atom is 0.490 e. The molecule has 2 heterocycles. The molecule has 20 heteroatoms. The number of amidine groups is 1. The van der Waals surface area contributed by atoms with Gasteiger partial charge in [0.2, 0.25) is 0 Å². The summed E-state index contributed by atoms with van der Waals surface area (Å²) in [5, 5.41) is 20.8. The minimum Gasteiger partial charge on any atom is -0.387 e. The fourth-order valence-corrected chi connectivity index (χ4v) is 5.61. The number of hydrogen-bond acceptors (Lipinski definition) is 12. The van der Waals surface area contributed by atoms with Crippen molar-refractivity contribution in [3.8, 4) is 0 Å². The first-order valence-electron chi connectivity index (χ1n) is 7.89. The topological polar surface area (TPSA) is 251 Å². The van der Waals surface area contributed by atoms with Gasteiger partial charge in [0.15, 0.2) is 11.8 Å². The first-order chi connectivity index (χ1) is 14.0. The molecule has 0 radical (unpaired) electrons. The van der Waals surface area contributed by atoms with Gasteiger partial charge in [0, 0.05) is 6.20 Å². The van der Waals surface area contributed by atoms with Crippen LogP contribution in [0.5, 0.6) is 0 Å². The Kier molecular flexibility index (Phi) is 7.68. The van der Waals surface area contributed by atoms with Crippen LogP contribution in [0.2, 0.25) is 0 Å². The zero-order chi connectivity index (χ0) is 23.8. The summed E-state index contributed by atoms with van der Waals surface area (Å²) in [5.74, 6) is -0.0644. The molecule has 31 heavy (non-hydrogen) atoms. The van der Waals surface area contributed by atoms with Crippen molar-refractivity contribution in [2.75, 3.05) is 13.3 Å². The molecule has 0 saturated carbocycles. The number of nitrogens with two attached hydrogens (primary N) is 1. The normalized spacial score (nSPS) is 33.1. The van der Waals surface area contributed by atoms with Crippen LogP contribution in [0.4, 0.5) is 4.39 Å². The van der Waals surface area contributed by atoms with Crippen LogP contribution in [0.1, 0.15) is 0 Å². The number of aliphatic hydroxyl groups is 2. The third-order valence-electron chi connectivity index (χ3n) is 3.84. The van der Waals surface area contributed by atoms with Crippen molar-refractivity contribution in [2.45, 2.75) is 24.0 Å². The van der Waals surface area contributed by atoms with Gasteiger partial charge in [0.05, 0.1) is 6.61 Å². The van der Waals surface area contributed by atoms with E-state index >= 15 is 0 Å². The van der Waals surface area contributed by atoms with E-state index < -0.39 is 60.8 Å². The number of phosphoric ester groups is 1. The maximum atomic E-state index is 13.6. The van der Waals surface area contributed by atoms with Crippen LogP contribution in [0.15, 0.2) is 29.7 Å². The van der Waals surface area contributed by atoms with Gasteiger partial charge in [-0.05, 0) is 6.08 Å². The van der Waals surface area contributed by atoms with Crippen LogP contribution in [-0.4, -0.2) is 77.8 Å². The predicted octanol–water partition coefficient (Wildman–Crippen LogP) is -1.23. The number of aliphatic imine (C=N–C) groups is 1. The van der Waals surface area contributed by atoms with Crippen molar-refractivity contribution in [1.82, 2.24) is 4.90 Å². The molecule has 2 aliphatic rings. The number of phosphoric acid groups is 3. The zero-order valence-corrected chi connectivity index (χ0v) is 17.9. The van der Waals surface area contributed by atoms with E-state index in [0.29, 0.717) is 0 Å². The van der Waals surface area contributed by atoms with E-state index in [1.807, 2.05) is 0 Å². The van der Waals surface area contributed by atoms with E-state index in [0.717, 1.165) is 4.90 Å². The van der Waals surface area contributed by atoms with Crippen LogP contribution in [0, 0.1) is 0 Å². The molecule has 178 valence electrons. The van der Waals surface area contributed by atoms with E-state index in [2.05, 4.69) is 24.7 Å². The summed E-state index contributed by atoms with van der Waals surface area (Å²) in [6.07, 6.45) is -2.93. The third kappa shape index (κ3) is 6.49. The molecule has 2 aliphatic heterocycles. The van der Waals surface area contributed by atoms with Gasteiger partial charge in [-0.2, -0.15) is 8.62 Å². The van der Waals surface area contributed by atoms with Crippen LogP contribution < -0.4 is 5.73 Å². The number of aliphatic hydroxyl groups excluding tert-OH is 1. The van der Waals surface area contributed by atoms with Gasteiger partial charge in [-0.1, -0.05) is 6.58 Å². The predicted molar refractivity (Wildman–Crippen MR) is 97.2 cm³/mol. The molecule has 6 atom stereocenters. The van der Waals surface area contributed by atoms with Crippen molar-refractivity contribution in [3.05, 3.63) is 24.7 Å². The molecule has 0 aromatic carbocycles. The third-order valence-corrected chi connectivity index (χ3v) is 7.64. The highest BCUT2D eigenvalue weighted by Crippen LogP contribution is 2.66. The minimum atomic E-state index is -5.76. The van der Waals surface area contributed by atoms with E-state index in [4.69, 9.17) is 25.2 Å². The van der Waals surface area contributed by atoms with Gasteiger partial charge in [0.25, 0.3) is 0 Å². The van der Waals surface area contributed by atoms with Gasteiger partial charge in [-0.25, -0.2) is 23.1 Å². The Bertz CT molecular complexity index is 924. The number of hydrogen-bond donors (Lipinski definition) is 7. The molecule has 0 bridgehead atoms. The summed E-state index contributed by atoms with van der Waals surface area (Å²) < 4.78 is 64.0. The molecule has 1 saturated heterocycles. The average molecular weight is 513 g/mol. The maximum absolute atomic E-state index is 13.6. The fraction of sp³-hybridized carbons (Fsp3) is 0.545. The Morgan fingerprint density at radius 2 is 1.87 bits per heavy atom. The molecule has 0 spiro atoms. The molecule has 2 unspecified atom stereocenters. The quantitative estimate of drug-likeness (QED) is 0.178.